The number of anilines is 1. The summed E-state index contributed by atoms with van der Waals surface area (Å²) in [5, 5.41) is 4.26. The summed E-state index contributed by atoms with van der Waals surface area (Å²) in [6.45, 7) is 5.83. The van der Waals surface area contributed by atoms with Crippen LogP contribution >= 0.6 is 0 Å². The number of nitrogens with one attached hydrogen (secondary N) is 2. The van der Waals surface area contributed by atoms with Crippen LogP contribution < -0.4 is 10.1 Å². The van der Waals surface area contributed by atoms with Gasteiger partial charge in [-0.15, -0.1) is 0 Å². The number of fused-ring (bicyclic) bond motifs is 1. The van der Waals surface area contributed by atoms with Crippen LogP contribution in [0.25, 0.3) is 10.9 Å². The minimum absolute atomic E-state index is 0.0634. The molecule has 0 aliphatic carbocycles. The van der Waals surface area contributed by atoms with Crippen LogP contribution in [0.4, 0.5) is 5.69 Å². The van der Waals surface area contributed by atoms with E-state index >= 15 is 0 Å². The molecule has 0 spiro atoms. The highest BCUT2D eigenvalue weighted by atomic mass is 16.5. The van der Waals surface area contributed by atoms with Gasteiger partial charge in [-0.3, -0.25) is 4.79 Å². The van der Waals surface area contributed by atoms with E-state index in [0.717, 1.165) is 39.2 Å². The van der Waals surface area contributed by atoms with Crippen LogP contribution in [0.2, 0.25) is 0 Å². The average Bonchev–Trinajstić information content (AvgIpc) is 2.90. The molecule has 1 aromatic heterocycles. The normalized spacial score (nSPS) is 12.2. The highest BCUT2D eigenvalue weighted by Gasteiger charge is 2.22. The van der Waals surface area contributed by atoms with E-state index in [0.29, 0.717) is 0 Å². The van der Waals surface area contributed by atoms with Crippen LogP contribution in [0.3, 0.4) is 0 Å². The molecule has 4 heteroatoms. The van der Waals surface area contributed by atoms with Gasteiger partial charge in [-0.05, 0) is 44.5 Å². The lowest BCUT2D eigenvalue weighted by atomic mass is 10.0. The van der Waals surface area contributed by atoms with E-state index in [1.54, 1.807) is 7.11 Å². The molecule has 0 amide bonds. The zero-order chi connectivity index (χ0) is 17.3. The molecule has 1 heterocycles. The smallest absolute Gasteiger partial charge is 0.187 e. The summed E-state index contributed by atoms with van der Waals surface area (Å²) in [6.07, 6.45) is 0. The zero-order valence-electron chi connectivity index (χ0n) is 14.4. The maximum absolute atomic E-state index is 13.0. The van der Waals surface area contributed by atoms with Crippen molar-refractivity contribution in [2.24, 2.45) is 0 Å². The highest BCUT2D eigenvalue weighted by Crippen LogP contribution is 2.28. The van der Waals surface area contributed by atoms with Gasteiger partial charge in [0.1, 0.15) is 5.75 Å². The fourth-order valence-electron chi connectivity index (χ4n) is 3.04. The van der Waals surface area contributed by atoms with Gasteiger partial charge in [-0.1, -0.05) is 24.3 Å². The Labute approximate surface area is 141 Å². The number of benzene rings is 2. The van der Waals surface area contributed by atoms with Gasteiger partial charge in [-0.2, -0.15) is 0 Å². The number of aryl methyl sites for hydroxylation is 2. The lowest BCUT2D eigenvalue weighted by Crippen LogP contribution is -2.26. The van der Waals surface area contributed by atoms with E-state index in [2.05, 4.69) is 10.3 Å². The SMILES string of the molecule is COc1ccc(C)cc1N[C@@H](C)C(=O)c1c(C)[nH]c2ccccc12. The Morgan fingerprint density at radius 2 is 1.92 bits per heavy atom. The topological polar surface area (TPSA) is 54.1 Å². The van der Waals surface area contributed by atoms with Crippen molar-refractivity contribution in [1.29, 1.82) is 0 Å². The molecule has 2 N–H and O–H groups in total. The predicted octanol–water partition coefficient (Wildman–Crippen LogP) is 4.48. The first kappa shape index (κ1) is 16.1. The van der Waals surface area contributed by atoms with Gasteiger partial charge in [0.15, 0.2) is 5.78 Å². The van der Waals surface area contributed by atoms with Gasteiger partial charge in [0.2, 0.25) is 0 Å². The van der Waals surface area contributed by atoms with E-state index in [1.165, 1.54) is 0 Å². The van der Waals surface area contributed by atoms with Crippen molar-refractivity contribution in [2.75, 3.05) is 12.4 Å². The Morgan fingerprint density at radius 3 is 2.67 bits per heavy atom. The molecule has 0 aliphatic rings. The van der Waals surface area contributed by atoms with Crippen LogP contribution in [0.1, 0.15) is 28.5 Å². The fourth-order valence-corrected chi connectivity index (χ4v) is 3.04. The number of ether oxygens (including phenoxy) is 1. The van der Waals surface area contributed by atoms with E-state index in [-0.39, 0.29) is 11.8 Å². The number of hydrogen-bond donors (Lipinski definition) is 2. The lowest BCUT2D eigenvalue weighted by molar-refractivity contribution is 0.0976. The van der Waals surface area contributed by atoms with E-state index in [9.17, 15) is 4.79 Å². The summed E-state index contributed by atoms with van der Waals surface area (Å²) in [7, 11) is 1.63. The second kappa shape index (κ2) is 6.40. The Kier molecular flexibility index (Phi) is 4.30. The monoisotopic (exact) mass is 322 g/mol. The summed E-state index contributed by atoms with van der Waals surface area (Å²) in [5.74, 6) is 0.796. The van der Waals surface area contributed by atoms with Crippen molar-refractivity contribution in [3.8, 4) is 5.75 Å². The van der Waals surface area contributed by atoms with E-state index in [4.69, 9.17) is 4.74 Å². The van der Waals surface area contributed by atoms with Crippen molar-refractivity contribution in [2.45, 2.75) is 26.8 Å². The molecular formula is C20H22N2O2. The molecule has 0 aliphatic heterocycles. The molecule has 4 nitrogen and oxygen atoms in total. The number of ketones is 1. The molecule has 1 atom stereocenters. The molecule has 124 valence electrons. The molecular weight excluding hydrogens is 300 g/mol. The number of aromatic nitrogens is 1. The van der Waals surface area contributed by atoms with Crippen LogP contribution in [-0.2, 0) is 0 Å². The Hall–Kier alpha value is -2.75. The first-order valence-corrected chi connectivity index (χ1v) is 8.04. The van der Waals surface area contributed by atoms with Crippen molar-refractivity contribution >= 4 is 22.4 Å². The van der Waals surface area contributed by atoms with Crippen molar-refractivity contribution in [3.63, 3.8) is 0 Å². The number of Topliss-reactive ketones (excluding diaryl/α,β-unsaturated/α-hetero) is 1. The van der Waals surface area contributed by atoms with Crippen LogP contribution in [0, 0.1) is 13.8 Å². The van der Waals surface area contributed by atoms with Gasteiger partial charge in [-0.25, -0.2) is 0 Å². The van der Waals surface area contributed by atoms with Crippen LogP contribution in [0.5, 0.6) is 5.75 Å². The number of hydrogen-bond acceptors (Lipinski definition) is 3. The lowest BCUT2D eigenvalue weighted by Gasteiger charge is -2.17. The molecule has 0 bridgehead atoms. The maximum Gasteiger partial charge on any atom is 0.187 e. The standard InChI is InChI=1S/C20H22N2O2/c1-12-9-10-18(24-4)17(11-12)22-14(3)20(23)19-13(2)21-16-8-6-5-7-15(16)19/h5-11,14,21-22H,1-4H3/t14-/m0/s1. The van der Waals surface area contributed by atoms with Crippen molar-refractivity contribution < 1.29 is 9.53 Å². The molecule has 0 saturated carbocycles. The molecule has 0 radical (unpaired) electrons. The summed E-state index contributed by atoms with van der Waals surface area (Å²) < 4.78 is 5.39. The van der Waals surface area contributed by atoms with Crippen molar-refractivity contribution in [3.05, 3.63) is 59.3 Å². The third-order valence-electron chi connectivity index (χ3n) is 4.26. The number of methoxy groups -OCH3 is 1. The molecule has 3 rings (SSSR count). The average molecular weight is 322 g/mol. The summed E-state index contributed by atoms with van der Waals surface area (Å²) in [4.78, 5) is 16.3. The Bertz CT molecular complexity index is 896. The predicted molar refractivity (Wildman–Crippen MR) is 98.2 cm³/mol. The minimum Gasteiger partial charge on any atom is -0.495 e. The Balaban J connectivity index is 1.92. The number of aromatic amines is 1. The second-order valence-electron chi connectivity index (χ2n) is 6.10. The molecule has 0 saturated heterocycles. The van der Waals surface area contributed by atoms with Crippen LogP contribution in [-0.4, -0.2) is 23.9 Å². The number of rotatable bonds is 5. The van der Waals surface area contributed by atoms with Gasteiger partial charge >= 0.3 is 0 Å². The summed E-state index contributed by atoms with van der Waals surface area (Å²) >= 11 is 0. The number of H-pyrrole nitrogens is 1. The largest absolute Gasteiger partial charge is 0.495 e. The number of carbonyl (C=O) groups excluding carboxylic acids is 1. The first-order chi connectivity index (χ1) is 11.5. The maximum atomic E-state index is 13.0. The highest BCUT2D eigenvalue weighted by molar-refractivity contribution is 6.12. The fraction of sp³-hybridized carbons (Fsp3) is 0.250. The van der Waals surface area contributed by atoms with Gasteiger partial charge in [0, 0.05) is 22.2 Å². The number of para-hydroxylation sites is 1. The van der Waals surface area contributed by atoms with Gasteiger partial charge in [0.05, 0.1) is 18.8 Å². The third-order valence-corrected chi connectivity index (χ3v) is 4.26. The second-order valence-corrected chi connectivity index (χ2v) is 6.10. The quantitative estimate of drug-likeness (QED) is 0.681. The van der Waals surface area contributed by atoms with E-state index < -0.39 is 0 Å². The van der Waals surface area contributed by atoms with Crippen LogP contribution in [0.15, 0.2) is 42.5 Å². The minimum atomic E-state index is -0.362. The summed E-state index contributed by atoms with van der Waals surface area (Å²) in [6, 6.07) is 13.4. The van der Waals surface area contributed by atoms with Gasteiger partial charge < -0.3 is 15.0 Å². The molecule has 2 aromatic carbocycles. The van der Waals surface area contributed by atoms with Gasteiger partial charge in [0.25, 0.3) is 0 Å². The molecule has 3 aromatic rings. The molecule has 24 heavy (non-hydrogen) atoms. The third kappa shape index (κ3) is 2.87. The van der Waals surface area contributed by atoms with Crippen molar-refractivity contribution in [1.82, 2.24) is 4.98 Å². The molecule has 0 unspecified atom stereocenters. The first-order valence-electron chi connectivity index (χ1n) is 8.04. The Morgan fingerprint density at radius 1 is 1.17 bits per heavy atom. The summed E-state index contributed by atoms with van der Waals surface area (Å²) in [5.41, 5.74) is 4.57. The zero-order valence-corrected chi connectivity index (χ0v) is 14.4. The number of carbonyl (C=O) groups is 1. The van der Waals surface area contributed by atoms with E-state index in [1.807, 2.05) is 63.2 Å². The molecule has 0 fully saturated rings.